The van der Waals surface area contributed by atoms with Crippen molar-refractivity contribution in [2.24, 2.45) is 0 Å². The minimum absolute atomic E-state index is 0.0286. The maximum Gasteiger partial charge on any atom is 0.318 e. The van der Waals surface area contributed by atoms with Crippen LogP contribution in [0.3, 0.4) is 0 Å². The fourth-order valence-corrected chi connectivity index (χ4v) is 2.61. The fraction of sp³-hybridized carbons (Fsp3) is 0.867. The molecule has 0 aliphatic heterocycles. The third kappa shape index (κ3) is 4.39. The molecule has 0 aromatic heterocycles. The van der Waals surface area contributed by atoms with Crippen molar-refractivity contribution in [3.8, 4) is 0 Å². The van der Waals surface area contributed by atoms with E-state index in [0.717, 1.165) is 45.1 Å². The number of hydrogen-bond acceptors (Lipinski definition) is 2. The molecule has 1 unspecified atom stereocenters. The van der Waals surface area contributed by atoms with Gasteiger partial charge in [0.05, 0.1) is 12.0 Å². The van der Waals surface area contributed by atoms with Crippen LogP contribution in [0.5, 0.6) is 0 Å². The number of carbonyl (C=O) groups excluding carboxylic acids is 1. The lowest BCUT2D eigenvalue weighted by molar-refractivity contribution is -0.139. The van der Waals surface area contributed by atoms with E-state index >= 15 is 0 Å². The highest BCUT2D eigenvalue weighted by molar-refractivity contribution is 5.77. The van der Waals surface area contributed by atoms with E-state index in [1.165, 1.54) is 0 Å². The molecule has 1 aliphatic rings. The average molecular weight is 284 g/mol. The Morgan fingerprint density at radius 2 is 2.00 bits per heavy atom. The van der Waals surface area contributed by atoms with Crippen LogP contribution in [0.25, 0.3) is 0 Å². The topological polar surface area (TPSA) is 69.6 Å². The molecular weight excluding hydrogens is 256 g/mol. The normalized spacial score (nSPS) is 17.9. The summed E-state index contributed by atoms with van der Waals surface area (Å²) in [7, 11) is 0. The summed E-state index contributed by atoms with van der Waals surface area (Å²) in [5.41, 5.74) is -0.513. The smallest absolute Gasteiger partial charge is 0.318 e. The number of carboxylic acid groups (broad SMARTS) is 1. The van der Waals surface area contributed by atoms with E-state index in [4.69, 9.17) is 5.11 Å². The minimum Gasteiger partial charge on any atom is -0.481 e. The standard InChI is InChI=1S/C15H28N2O3/c1-4-6-10-17(12(3)5-2)14(20)16-15(8-7-9-15)11-13(18)19/h12H,4-11H2,1-3H3,(H,16,20)(H,18,19). The van der Waals surface area contributed by atoms with Crippen LogP contribution < -0.4 is 5.32 Å². The van der Waals surface area contributed by atoms with Gasteiger partial charge in [0.1, 0.15) is 0 Å². The summed E-state index contributed by atoms with van der Waals surface area (Å²) in [5, 5.41) is 12.0. The number of amides is 2. The van der Waals surface area contributed by atoms with Crippen molar-refractivity contribution in [2.45, 2.75) is 77.3 Å². The van der Waals surface area contributed by atoms with E-state index in [1.807, 2.05) is 11.8 Å². The molecule has 0 spiro atoms. The Balaban J connectivity index is 2.66. The van der Waals surface area contributed by atoms with Crippen molar-refractivity contribution >= 4 is 12.0 Å². The van der Waals surface area contributed by atoms with Crippen molar-refractivity contribution in [3.63, 3.8) is 0 Å². The molecule has 0 bridgehead atoms. The number of carboxylic acids is 1. The molecule has 0 radical (unpaired) electrons. The molecule has 116 valence electrons. The number of carbonyl (C=O) groups is 2. The van der Waals surface area contributed by atoms with Gasteiger partial charge in [-0.15, -0.1) is 0 Å². The zero-order valence-electron chi connectivity index (χ0n) is 12.9. The maximum atomic E-state index is 12.5. The summed E-state index contributed by atoms with van der Waals surface area (Å²) in [4.78, 5) is 25.3. The van der Waals surface area contributed by atoms with Crippen LogP contribution in [0.1, 0.15) is 65.7 Å². The molecular formula is C15H28N2O3. The van der Waals surface area contributed by atoms with Crippen LogP contribution >= 0.6 is 0 Å². The lowest BCUT2D eigenvalue weighted by Crippen LogP contribution is -2.59. The van der Waals surface area contributed by atoms with Crippen LogP contribution in [0.4, 0.5) is 4.79 Å². The highest BCUT2D eigenvalue weighted by atomic mass is 16.4. The number of rotatable bonds is 8. The first-order valence-corrected chi connectivity index (χ1v) is 7.74. The first-order chi connectivity index (χ1) is 9.44. The predicted octanol–water partition coefficient (Wildman–Crippen LogP) is 2.99. The Morgan fingerprint density at radius 1 is 1.35 bits per heavy atom. The molecule has 2 amide bonds. The van der Waals surface area contributed by atoms with E-state index in [1.54, 1.807) is 0 Å². The van der Waals surface area contributed by atoms with Crippen molar-refractivity contribution in [1.29, 1.82) is 0 Å². The number of aliphatic carboxylic acids is 1. The van der Waals surface area contributed by atoms with Gasteiger partial charge in [-0.25, -0.2) is 4.79 Å². The summed E-state index contributed by atoms with van der Waals surface area (Å²) in [5.74, 6) is -0.839. The number of unbranched alkanes of at least 4 members (excludes halogenated alkanes) is 1. The summed E-state index contributed by atoms with van der Waals surface area (Å²) in [6.45, 7) is 6.94. The van der Waals surface area contributed by atoms with Crippen molar-refractivity contribution in [3.05, 3.63) is 0 Å². The summed E-state index contributed by atoms with van der Waals surface area (Å²) < 4.78 is 0. The SMILES string of the molecule is CCCCN(C(=O)NC1(CC(=O)O)CCC1)C(C)CC. The monoisotopic (exact) mass is 284 g/mol. The largest absolute Gasteiger partial charge is 0.481 e. The van der Waals surface area contributed by atoms with Crippen LogP contribution in [-0.4, -0.2) is 40.1 Å². The lowest BCUT2D eigenvalue weighted by Gasteiger charge is -2.43. The Hall–Kier alpha value is -1.26. The Bertz CT molecular complexity index is 340. The highest BCUT2D eigenvalue weighted by Gasteiger charge is 2.41. The van der Waals surface area contributed by atoms with E-state index in [2.05, 4.69) is 19.2 Å². The van der Waals surface area contributed by atoms with E-state index in [0.29, 0.717) is 0 Å². The number of nitrogens with one attached hydrogen (secondary N) is 1. The van der Waals surface area contributed by atoms with Crippen molar-refractivity contribution < 1.29 is 14.7 Å². The molecule has 5 heteroatoms. The summed E-state index contributed by atoms with van der Waals surface area (Å²) in [6.07, 6.45) is 5.49. The first-order valence-electron chi connectivity index (χ1n) is 7.74. The molecule has 1 aliphatic carbocycles. The molecule has 1 rings (SSSR count). The molecule has 0 saturated heterocycles. The Morgan fingerprint density at radius 3 is 2.40 bits per heavy atom. The van der Waals surface area contributed by atoms with Gasteiger partial charge in [-0.3, -0.25) is 4.79 Å². The van der Waals surface area contributed by atoms with Crippen LogP contribution in [0.15, 0.2) is 0 Å². The van der Waals surface area contributed by atoms with Gasteiger partial charge in [0.2, 0.25) is 0 Å². The predicted molar refractivity (Wildman–Crippen MR) is 78.7 cm³/mol. The third-order valence-electron chi connectivity index (χ3n) is 4.31. The van der Waals surface area contributed by atoms with Crippen LogP contribution in [-0.2, 0) is 4.79 Å². The molecule has 1 fully saturated rings. The van der Waals surface area contributed by atoms with Gasteiger partial charge in [-0.2, -0.15) is 0 Å². The molecule has 5 nitrogen and oxygen atoms in total. The fourth-order valence-electron chi connectivity index (χ4n) is 2.61. The van der Waals surface area contributed by atoms with Crippen molar-refractivity contribution in [2.75, 3.05) is 6.54 Å². The van der Waals surface area contributed by atoms with E-state index in [-0.39, 0.29) is 18.5 Å². The highest BCUT2D eigenvalue weighted by Crippen LogP contribution is 2.35. The van der Waals surface area contributed by atoms with E-state index in [9.17, 15) is 9.59 Å². The maximum absolute atomic E-state index is 12.5. The Kier molecular flexibility index (Phi) is 6.30. The molecule has 0 aromatic carbocycles. The zero-order valence-corrected chi connectivity index (χ0v) is 12.9. The van der Waals surface area contributed by atoms with E-state index < -0.39 is 11.5 Å². The van der Waals surface area contributed by atoms with Crippen LogP contribution in [0, 0.1) is 0 Å². The van der Waals surface area contributed by atoms with Gasteiger partial charge < -0.3 is 15.3 Å². The van der Waals surface area contributed by atoms with Crippen LogP contribution in [0.2, 0.25) is 0 Å². The first kappa shape index (κ1) is 16.8. The zero-order chi connectivity index (χ0) is 15.2. The van der Waals surface area contributed by atoms with Gasteiger partial charge in [0.25, 0.3) is 0 Å². The molecule has 1 atom stereocenters. The van der Waals surface area contributed by atoms with Gasteiger partial charge in [-0.05, 0) is 39.0 Å². The molecule has 0 heterocycles. The second-order valence-corrected chi connectivity index (χ2v) is 5.94. The van der Waals surface area contributed by atoms with Gasteiger partial charge in [-0.1, -0.05) is 20.3 Å². The second-order valence-electron chi connectivity index (χ2n) is 5.94. The number of hydrogen-bond donors (Lipinski definition) is 2. The average Bonchev–Trinajstić information content (AvgIpc) is 2.35. The molecule has 20 heavy (non-hydrogen) atoms. The summed E-state index contributed by atoms with van der Waals surface area (Å²) in [6, 6.07) is 0.0808. The summed E-state index contributed by atoms with van der Waals surface area (Å²) >= 11 is 0. The van der Waals surface area contributed by atoms with Gasteiger partial charge in [0, 0.05) is 12.6 Å². The Labute approximate surface area is 121 Å². The molecule has 2 N–H and O–H groups in total. The van der Waals surface area contributed by atoms with Crippen molar-refractivity contribution in [1.82, 2.24) is 10.2 Å². The van der Waals surface area contributed by atoms with Gasteiger partial charge >= 0.3 is 12.0 Å². The lowest BCUT2D eigenvalue weighted by atomic mass is 9.74. The number of urea groups is 1. The van der Waals surface area contributed by atoms with Gasteiger partial charge in [0.15, 0.2) is 0 Å². The quantitative estimate of drug-likeness (QED) is 0.720. The molecule has 0 aromatic rings. The third-order valence-corrected chi connectivity index (χ3v) is 4.31. The number of nitrogens with zero attached hydrogens (tertiary/aromatic N) is 1. The minimum atomic E-state index is -0.839. The second kappa shape index (κ2) is 7.50. The molecule has 1 saturated carbocycles.